The molecule has 0 aliphatic heterocycles. The van der Waals surface area contributed by atoms with Gasteiger partial charge in [-0.25, -0.2) is 0 Å². The molecule has 2 atom stereocenters. The minimum absolute atomic E-state index is 0.0171. The van der Waals surface area contributed by atoms with Crippen molar-refractivity contribution in [3.05, 3.63) is 0 Å². The lowest BCUT2D eigenvalue weighted by Gasteiger charge is -2.25. The van der Waals surface area contributed by atoms with Gasteiger partial charge in [-0.1, -0.05) is 6.42 Å². The molecule has 0 spiro atoms. The van der Waals surface area contributed by atoms with Crippen molar-refractivity contribution in [2.75, 3.05) is 6.61 Å². The van der Waals surface area contributed by atoms with Crippen LogP contribution in [0.1, 0.15) is 33.1 Å². The first-order valence-electron chi connectivity index (χ1n) is 4.54. The Hall–Kier alpha value is -0.570. The van der Waals surface area contributed by atoms with Crippen molar-refractivity contribution in [2.45, 2.75) is 39.2 Å². The van der Waals surface area contributed by atoms with E-state index in [9.17, 15) is 4.79 Å². The highest BCUT2D eigenvalue weighted by Gasteiger charge is 2.44. The van der Waals surface area contributed by atoms with Gasteiger partial charge < -0.3 is 10.5 Å². The van der Waals surface area contributed by atoms with Gasteiger partial charge in [0.15, 0.2) is 0 Å². The van der Waals surface area contributed by atoms with Gasteiger partial charge in [-0.15, -0.1) is 0 Å². The summed E-state index contributed by atoms with van der Waals surface area (Å²) in [4.78, 5) is 11.5. The SMILES string of the molecule is CCOC(=O)[C@@]1(C)CCC[C@H]1N. The minimum atomic E-state index is -0.421. The van der Waals surface area contributed by atoms with Crippen LogP contribution in [0.4, 0.5) is 0 Å². The van der Waals surface area contributed by atoms with Crippen molar-refractivity contribution < 1.29 is 9.53 Å². The molecule has 0 aromatic carbocycles. The average Bonchev–Trinajstić information content (AvgIpc) is 2.34. The topological polar surface area (TPSA) is 52.3 Å². The summed E-state index contributed by atoms with van der Waals surface area (Å²) in [5.41, 5.74) is 5.42. The normalized spacial score (nSPS) is 35.1. The van der Waals surface area contributed by atoms with Crippen LogP contribution in [0, 0.1) is 5.41 Å². The van der Waals surface area contributed by atoms with E-state index in [0.29, 0.717) is 6.61 Å². The van der Waals surface area contributed by atoms with E-state index in [0.717, 1.165) is 19.3 Å². The molecule has 1 aliphatic rings. The van der Waals surface area contributed by atoms with Crippen LogP contribution in [0.2, 0.25) is 0 Å². The summed E-state index contributed by atoms with van der Waals surface area (Å²) in [7, 11) is 0. The van der Waals surface area contributed by atoms with Crippen molar-refractivity contribution in [1.29, 1.82) is 0 Å². The first kappa shape index (κ1) is 9.52. The second-order valence-corrected chi connectivity index (χ2v) is 3.64. The van der Waals surface area contributed by atoms with Crippen LogP contribution in [-0.2, 0) is 9.53 Å². The second-order valence-electron chi connectivity index (χ2n) is 3.64. The molecule has 0 bridgehead atoms. The molecule has 0 heterocycles. The summed E-state index contributed by atoms with van der Waals surface area (Å²) in [5.74, 6) is -0.130. The van der Waals surface area contributed by atoms with Crippen molar-refractivity contribution in [3.63, 3.8) is 0 Å². The number of ether oxygens (including phenoxy) is 1. The van der Waals surface area contributed by atoms with Gasteiger partial charge in [-0.2, -0.15) is 0 Å². The Kier molecular flexibility index (Phi) is 2.73. The molecule has 12 heavy (non-hydrogen) atoms. The van der Waals surface area contributed by atoms with Crippen molar-refractivity contribution >= 4 is 5.97 Å². The average molecular weight is 171 g/mol. The Labute approximate surface area is 73.3 Å². The van der Waals surface area contributed by atoms with Crippen molar-refractivity contribution in [1.82, 2.24) is 0 Å². The Morgan fingerprint density at radius 2 is 2.42 bits per heavy atom. The lowest BCUT2D eigenvalue weighted by molar-refractivity contribution is -0.154. The summed E-state index contributed by atoms with van der Waals surface area (Å²) in [6, 6.07) is -0.0171. The maximum absolute atomic E-state index is 11.5. The Morgan fingerprint density at radius 1 is 1.75 bits per heavy atom. The van der Waals surface area contributed by atoms with Crippen LogP contribution < -0.4 is 5.73 Å². The fourth-order valence-electron chi connectivity index (χ4n) is 1.74. The number of hydrogen-bond donors (Lipinski definition) is 1. The molecule has 0 aromatic heterocycles. The van der Waals surface area contributed by atoms with Crippen molar-refractivity contribution in [2.24, 2.45) is 11.1 Å². The standard InChI is InChI=1S/C9H17NO2/c1-3-12-8(11)9(2)6-4-5-7(9)10/h7H,3-6,10H2,1-2H3/t7-,9+/m1/s1. The smallest absolute Gasteiger partial charge is 0.313 e. The van der Waals surface area contributed by atoms with Crippen LogP contribution in [-0.4, -0.2) is 18.6 Å². The molecule has 3 nitrogen and oxygen atoms in total. The number of esters is 1. The molecule has 1 fully saturated rings. The lowest BCUT2D eigenvalue weighted by atomic mass is 9.85. The van der Waals surface area contributed by atoms with E-state index in [4.69, 9.17) is 10.5 Å². The van der Waals surface area contributed by atoms with Gasteiger partial charge in [0.25, 0.3) is 0 Å². The molecule has 3 heteroatoms. The molecule has 0 amide bonds. The zero-order chi connectivity index (χ0) is 9.19. The predicted octanol–water partition coefficient (Wildman–Crippen LogP) is 1.07. The number of nitrogens with two attached hydrogens (primary N) is 1. The van der Waals surface area contributed by atoms with Crippen LogP contribution in [0.5, 0.6) is 0 Å². The maximum Gasteiger partial charge on any atom is 0.313 e. The minimum Gasteiger partial charge on any atom is -0.466 e. The molecule has 2 N–H and O–H groups in total. The number of carbonyl (C=O) groups is 1. The van der Waals surface area contributed by atoms with Crippen molar-refractivity contribution in [3.8, 4) is 0 Å². The van der Waals surface area contributed by atoms with Crippen LogP contribution in [0.15, 0.2) is 0 Å². The summed E-state index contributed by atoms with van der Waals surface area (Å²) >= 11 is 0. The first-order valence-corrected chi connectivity index (χ1v) is 4.54. The zero-order valence-corrected chi connectivity index (χ0v) is 7.80. The van der Waals surface area contributed by atoms with E-state index in [2.05, 4.69) is 0 Å². The summed E-state index contributed by atoms with van der Waals surface area (Å²) < 4.78 is 4.98. The molecular formula is C9H17NO2. The van der Waals surface area contributed by atoms with E-state index in [-0.39, 0.29) is 12.0 Å². The molecular weight excluding hydrogens is 154 g/mol. The number of rotatable bonds is 2. The Balaban J connectivity index is 2.63. The predicted molar refractivity (Wildman–Crippen MR) is 46.6 cm³/mol. The van der Waals surface area contributed by atoms with Crippen LogP contribution in [0.3, 0.4) is 0 Å². The highest BCUT2D eigenvalue weighted by Crippen LogP contribution is 2.37. The van der Waals surface area contributed by atoms with Crippen LogP contribution >= 0.6 is 0 Å². The molecule has 0 radical (unpaired) electrons. The third-order valence-electron chi connectivity index (χ3n) is 2.77. The zero-order valence-electron chi connectivity index (χ0n) is 7.80. The summed E-state index contributed by atoms with van der Waals surface area (Å²) in [6.07, 6.45) is 2.85. The number of hydrogen-bond acceptors (Lipinski definition) is 3. The molecule has 0 unspecified atom stereocenters. The molecule has 1 aliphatic carbocycles. The second kappa shape index (κ2) is 3.44. The van der Waals surface area contributed by atoms with Gasteiger partial charge in [0, 0.05) is 6.04 Å². The monoisotopic (exact) mass is 171 g/mol. The summed E-state index contributed by atoms with van der Waals surface area (Å²) in [6.45, 7) is 4.17. The van der Waals surface area contributed by atoms with E-state index in [1.807, 2.05) is 13.8 Å². The fourth-order valence-corrected chi connectivity index (χ4v) is 1.74. The van der Waals surface area contributed by atoms with Gasteiger partial charge in [0.05, 0.1) is 12.0 Å². The van der Waals surface area contributed by atoms with Gasteiger partial charge in [-0.3, -0.25) is 4.79 Å². The highest BCUT2D eigenvalue weighted by molar-refractivity contribution is 5.77. The van der Waals surface area contributed by atoms with Gasteiger partial charge in [0.2, 0.25) is 0 Å². The largest absolute Gasteiger partial charge is 0.466 e. The van der Waals surface area contributed by atoms with Gasteiger partial charge in [-0.05, 0) is 26.7 Å². The lowest BCUT2D eigenvalue weighted by Crippen LogP contribution is -2.42. The molecule has 1 rings (SSSR count). The van der Waals surface area contributed by atoms with Gasteiger partial charge >= 0.3 is 5.97 Å². The van der Waals surface area contributed by atoms with E-state index < -0.39 is 5.41 Å². The van der Waals surface area contributed by atoms with E-state index >= 15 is 0 Å². The molecule has 0 aromatic rings. The quantitative estimate of drug-likeness (QED) is 0.632. The van der Waals surface area contributed by atoms with Gasteiger partial charge in [0.1, 0.15) is 0 Å². The summed E-state index contributed by atoms with van der Waals surface area (Å²) in [5, 5.41) is 0. The first-order chi connectivity index (χ1) is 5.61. The van der Waals surface area contributed by atoms with Crippen LogP contribution in [0.25, 0.3) is 0 Å². The maximum atomic E-state index is 11.5. The molecule has 0 saturated heterocycles. The van der Waals surface area contributed by atoms with E-state index in [1.54, 1.807) is 0 Å². The molecule has 70 valence electrons. The fraction of sp³-hybridized carbons (Fsp3) is 0.889. The molecule has 1 saturated carbocycles. The van der Waals surface area contributed by atoms with E-state index in [1.165, 1.54) is 0 Å². The Morgan fingerprint density at radius 3 is 2.83 bits per heavy atom. The third kappa shape index (κ3) is 1.46. The highest BCUT2D eigenvalue weighted by atomic mass is 16.5. The Bertz CT molecular complexity index is 181. The third-order valence-corrected chi connectivity index (χ3v) is 2.77. The number of carbonyl (C=O) groups excluding carboxylic acids is 1.